The summed E-state index contributed by atoms with van der Waals surface area (Å²) in [5, 5.41) is 4.65. The number of nitrogens with one attached hydrogen (secondary N) is 1. The lowest BCUT2D eigenvalue weighted by Gasteiger charge is -2.38. The third-order valence-corrected chi connectivity index (χ3v) is 6.37. The minimum Gasteiger partial charge on any atom is -0.355 e. The van der Waals surface area contributed by atoms with Crippen molar-refractivity contribution in [3.63, 3.8) is 0 Å². The smallest absolute Gasteiger partial charge is 0.205 e. The number of aryl methyl sites for hydroxylation is 1. The summed E-state index contributed by atoms with van der Waals surface area (Å²) >= 11 is 1.52. The Morgan fingerprint density at radius 1 is 1.15 bits per heavy atom. The molecule has 9 heteroatoms. The average molecular weight is 395 g/mol. The van der Waals surface area contributed by atoms with Gasteiger partial charge >= 0.3 is 0 Å². The molecule has 152 valence electrons. The molecule has 0 radical (unpaired) electrons. The first kappa shape index (κ1) is 20.3. The van der Waals surface area contributed by atoms with E-state index in [-0.39, 0.29) is 0 Å². The average Bonchev–Trinajstić information content (AvgIpc) is 3.18. The highest BCUT2D eigenvalue weighted by Crippen LogP contribution is 2.19. The van der Waals surface area contributed by atoms with E-state index in [0.717, 1.165) is 82.2 Å². The Morgan fingerprint density at radius 2 is 1.85 bits per heavy atom. The first-order chi connectivity index (χ1) is 13.1. The van der Waals surface area contributed by atoms with E-state index in [2.05, 4.69) is 60.2 Å². The second kappa shape index (κ2) is 9.66. The van der Waals surface area contributed by atoms with Crippen molar-refractivity contribution >= 4 is 22.6 Å². The molecule has 1 aromatic rings. The fraction of sp³-hybridized carbons (Fsp3) is 0.833. The van der Waals surface area contributed by atoms with Crippen molar-refractivity contribution in [3.05, 3.63) is 5.82 Å². The summed E-state index contributed by atoms with van der Waals surface area (Å²) in [4.78, 5) is 18.8. The van der Waals surface area contributed by atoms with Crippen molar-refractivity contribution in [2.45, 2.75) is 26.3 Å². The molecular formula is C18H34N8S. The highest BCUT2D eigenvalue weighted by Gasteiger charge is 2.23. The second-order valence-electron chi connectivity index (χ2n) is 7.44. The molecule has 2 aliphatic rings. The van der Waals surface area contributed by atoms with Gasteiger partial charge in [-0.15, -0.1) is 0 Å². The van der Waals surface area contributed by atoms with Crippen LogP contribution in [0.3, 0.4) is 0 Å². The topological polar surface area (TPSA) is 63.1 Å². The van der Waals surface area contributed by atoms with Gasteiger partial charge < -0.3 is 20.0 Å². The lowest BCUT2D eigenvalue weighted by atomic mass is 10.2. The summed E-state index contributed by atoms with van der Waals surface area (Å²) in [5.74, 6) is 1.97. The molecule has 1 atom stereocenters. The standard InChI is InChI=1S/C18H34N8S/c1-5-16-21-18(27-22-16)26-12-10-25(11-13-26)17(19-3)20-14-15(2)24-8-6-23(4)7-9-24/h15H,5-14H2,1-4H3,(H,19,20). The molecule has 3 heterocycles. The molecule has 1 aromatic heterocycles. The molecule has 3 rings (SSSR count). The van der Waals surface area contributed by atoms with Gasteiger partial charge in [-0.3, -0.25) is 9.89 Å². The summed E-state index contributed by atoms with van der Waals surface area (Å²) in [7, 11) is 4.08. The van der Waals surface area contributed by atoms with Crippen molar-refractivity contribution in [2.24, 2.45) is 4.99 Å². The van der Waals surface area contributed by atoms with E-state index in [1.807, 2.05) is 7.05 Å². The third kappa shape index (κ3) is 5.30. The Labute approximate surface area is 167 Å². The van der Waals surface area contributed by atoms with Gasteiger partial charge in [0.15, 0.2) is 5.96 Å². The van der Waals surface area contributed by atoms with Gasteiger partial charge in [-0.2, -0.15) is 4.37 Å². The monoisotopic (exact) mass is 394 g/mol. The normalized spacial score (nSPS) is 21.6. The maximum atomic E-state index is 4.62. The van der Waals surface area contributed by atoms with Crippen LogP contribution in [0.4, 0.5) is 5.13 Å². The quantitative estimate of drug-likeness (QED) is 0.574. The van der Waals surface area contributed by atoms with Gasteiger partial charge in [0.25, 0.3) is 0 Å². The molecule has 1 unspecified atom stereocenters. The molecule has 0 aliphatic carbocycles. The van der Waals surface area contributed by atoms with E-state index in [0.29, 0.717) is 6.04 Å². The number of hydrogen-bond donors (Lipinski definition) is 1. The minimum absolute atomic E-state index is 0.519. The van der Waals surface area contributed by atoms with Gasteiger partial charge in [-0.05, 0) is 14.0 Å². The number of likely N-dealkylation sites (N-methyl/N-ethyl adjacent to an activating group) is 1. The molecule has 1 N–H and O–H groups in total. The van der Waals surface area contributed by atoms with Crippen molar-refractivity contribution in [1.82, 2.24) is 29.4 Å². The zero-order valence-electron chi connectivity index (χ0n) is 17.2. The van der Waals surface area contributed by atoms with Gasteiger partial charge in [0.05, 0.1) is 0 Å². The number of guanidine groups is 1. The predicted molar refractivity (Wildman–Crippen MR) is 113 cm³/mol. The highest BCUT2D eigenvalue weighted by atomic mass is 32.1. The lowest BCUT2D eigenvalue weighted by molar-refractivity contribution is 0.119. The van der Waals surface area contributed by atoms with Crippen LogP contribution in [-0.4, -0.2) is 109 Å². The van der Waals surface area contributed by atoms with E-state index in [1.54, 1.807) is 0 Å². The summed E-state index contributed by atoms with van der Waals surface area (Å²) in [5.41, 5.74) is 0. The van der Waals surface area contributed by atoms with Crippen LogP contribution in [0.5, 0.6) is 0 Å². The Morgan fingerprint density at radius 3 is 2.44 bits per heavy atom. The predicted octanol–water partition coefficient (Wildman–Crippen LogP) is 0.434. The molecule has 2 saturated heterocycles. The number of rotatable bonds is 5. The van der Waals surface area contributed by atoms with Crippen molar-refractivity contribution in [3.8, 4) is 0 Å². The van der Waals surface area contributed by atoms with Crippen LogP contribution < -0.4 is 10.2 Å². The summed E-state index contributed by atoms with van der Waals surface area (Å²) in [6.45, 7) is 13.8. The van der Waals surface area contributed by atoms with Gasteiger partial charge in [0.1, 0.15) is 5.82 Å². The number of aliphatic imine (C=N–C) groups is 1. The molecule has 2 fully saturated rings. The molecule has 2 aliphatic heterocycles. The molecule has 0 spiro atoms. The van der Waals surface area contributed by atoms with E-state index < -0.39 is 0 Å². The maximum absolute atomic E-state index is 4.62. The van der Waals surface area contributed by atoms with Crippen LogP contribution in [0.2, 0.25) is 0 Å². The Hall–Kier alpha value is -1.45. The first-order valence-electron chi connectivity index (χ1n) is 10.1. The molecule has 0 amide bonds. The van der Waals surface area contributed by atoms with E-state index in [4.69, 9.17) is 0 Å². The summed E-state index contributed by atoms with van der Waals surface area (Å²) in [6.07, 6.45) is 0.901. The number of hydrogen-bond acceptors (Lipinski definition) is 7. The van der Waals surface area contributed by atoms with Gasteiger partial charge in [0, 0.05) is 89.9 Å². The first-order valence-corrected chi connectivity index (χ1v) is 10.8. The summed E-state index contributed by atoms with van der Waals surface area (Å²) in [6, 6.07) is 0.519. The van der Waals surface area contributed by atoms with Crippen LogP contribution in [0, 0.1) is 0 Å². The number of aromatic nitrogens is 2. The van der Waals surface area contributed by atoms with Crippen LogP contribution >= 0.6 is 11.5 Å². The minimum atomic E-state index is 0.519. The van der Waals surface area contributed by atoms with E-state index in [1.165, 1.54) is 11.5 Å². The van der Waals surface area contributed by atoms with Crippen molar-refractivity contribution < 1.29 is 0 Å². The zero-order chi connectivity index (χ0) is 19.2. The zero-order valence-corrected chi connectivity index (χ0v) is 18.0. The van der Waals surface area contributed by atoms with Crippen molar-refractivity contribution in [2.75, 3.05) is 77.9 Å². The van der Waals surface area contributed by atoms with E-state index >= 15 is 0 Å². The molecular weight excluding hydrogens is 360 g/mol. The van der Waals surface area contributed by atoms with E-state index in [9.17, 15) is 0 Å². The van der Waals surface area contributed by atoms with Crippen molar-refractivity contribution in [1.29, 1.82) is 0 Å². The van der Waals surface area contributed by atoms with Gasteiger partial charge in [0.2, 0.25) is 5.13 Å². The molecule has 27 heavy (non-hydrogen) atoms. The summed E-state index contributed by atoms with van der Waals surface area (Å²) < 4.78 is 4.41. The van der Waals surface area contributed by atoms with Gasteiger partial charge in [-0.1, -0.05) is 6.92 Å². The third-order valence-electron chi connectivity index (χ3n) is 5.55. The van der Waals surface area contributed by atoms with Crippen LogP contribution in [0.25, 0.3) is 0 Å². The maximum Gasteiger partial charge on any atom is 0.205 e. The molecule has 0 aromatic carbocycles. The lowest BCUT2D eigenvalue weighted by Crippen LogP contribution is -2.55. The van der Waals surface area contributed by atoms with Crippen LogP contribution in [0.1, 0.15) is 19.7 Å². The SMILES string of the molecule is CCc1nsc(N2CCN(C(=NC)NCC(C)N3CCN(C)CC3)CC2)n1. The highest BCUT2D eigenvalue weighted by molar-refractivity contribution is 7.09. The fourth-order valence-corrected chi connectivity index (χ4v) is 4.39. The number of anilines is 1. The van der Waals surface area contributed by atoms with Gasteiger partial charge in [-0.25, -0.2) is 4.98 Å². The second-order valence-corrected chi connectivity index (χ2v) is 8.17. The number of nitrogens with zero attached hydrogens (tertiary/aromatic N) is 7. The largest absolute Gasteiger partial charge is 0.355 e. The Bertz CT molecular complexity index is 602. The van der Waals surface area contributed by atoms with Crippen LogP contribution in [0.15, 0.2) is 4.99 Å². The Balaban J connectivity index is 1.44. The Kier molecular flexibility index (Phi) is 7.26. The number of piperazine rings is 2. The molecule has 0 bridgehead atoms. The van der Waals surface area contributed by atoms with Crippen LogP contribution in [-0.2, 0) is 6.42 Å². The molecule has 8 nitrogen and oxygen atoms in total. The fourth-order valence-electron chi connectivity index (χ4n) is 3.59. The molecule has 0 saturated carbocycles.